The van der Waals surface area contributed by atoms with Crippen molar-refractivity contribution >= 4 is 77.0 Å². The standard InChI is InChI=1S/C35H46O13.C23H26O7.C22H24O7.C10H18O6.C5H12.8CH4/c1-24(45-28(5)36)20-43-22-33(38)47-26(3)21-44-23-32(37)46-25(2)18-41-16-11-17-42-19-27(4)48-35(40)31-15-10-9-14-30(31)34(39)29-12-7-6-8-13-29;1-17(28-14-15-29-18(2)24)16-27-12-13-30-23(26)21-11-7-6-10-20(21)22(25)19-8-4-3-5-9-19;1-26-15-20(23)27-12-5-6-13-28-21(24)16-29-19-11-7-10-18(14-19)22(25)17-8-3-2-4-9-17;1-13-7-9(11)15-5-3-4-6-16-10(12)8-14-2;1-4-5(2)3;;;;;;;;/h6-10,12-15,24-27H,11,16-23H2,1-5H3;3-11,17H,12-16H2,1-2H3;2-4,7-11,14H,5-6,12-13,15-16H2,1H3;3-8H2,1-2H3;5H,4H2,1-3H3;8*1H4. The summed E-state index contributed by atoms with van der Waals surface area (Å²) in [6.07, 6.45) is 1.94. The molecule has 0 saturated heterocycles. The third kappa shape index (κ3) is 67.6. The number of hydrogen-bond donors (Lipinski definition) is 0. The molecule has 0 aliphatic heterocycles. The smallest absolute Gasteiger partial charge is 0.344 e. The predicted molar refractivity (Wildman–Crippen MR) is 520 cm³/mol. The summed E-state index contributed by atoms with van der Waals surface area (Å²) in [6.45, 7) is 19.8. The highest BCUT2D eigenvalue weighted by Gasteiger charge is 2.24. The van der Waals surface area contributed by atoms with Crippen LogP contribution in [0.5, 0.6) is 5.75 Å². The average molecular weight is 1920 g/mol. The molecule has 136 heavy (non-hydrogen) atoms. The summed E-state index contributed by atoms with van der Waals surface area (Å²) < 4.78 is 102. The fraction of sp³-hybridized carbons (Fsp3) is 0.524. The molecule has 5 atom stereocenters. The van der Waals surface area contributed by atoms with Crippen LogP contribution in [0.25, 0.3) is 0 Å². The van der Waals surface area contributed by atoms with Gasteiger partial charge in [-0.1, -0.05) is 226 Å². The number of carbonyl (C=O) groups is 13. The molecule has 6 rings (SSSR count). The van der Waals surface area contributed by atoms with Crippen molar-refractivity contribution in [2.24, 2.45) is 5.92 Å². The molecule has 0 spiro atoms. The Bertz CT molecular complexity index is 4160. The number of ketones is 3. The van der Waals surface area contributed by atoms with Crippen LogP contribution in [-0.4, -0.2) is 268 Å². The quantitative estimate of drug-likeness (QED) is 0.0148. The van der Waals surface area contributed by atoms with Gasteiger partial charge in [0.05, 0.1) is 89.9 Å². The maximum Gasteiger partial charge on any atom is 0.344 e. The minimum Gasteiger partial charge on any atom is -0.482 e. The number of methoxy groups -OCH3 is 3. The summed E-state index contributed by atoms with van der Waals surface area (Å²) >= 11 is 0. The van der Waals surface area contributed by atoms with E-state index in [1.165, 1.54) is 41.6 Å². The molecule has 5 unspecified atom stereocenters. The van der Waals surface area contributed by atoms with Crippen LogP contribution in [0.2, 0.25) is 0 Å². The molecule has 0 amide bonds. The lowest BCUT2D eigenvalue weighted by Gasteiger charge is -2.16. The first kappa shape index (κ1) is 138. The lowest BCUT2D eigenvalue weighted by atomic mass is 9.98. The summed E-state index contributed by atoms with van der Waals surface area (Å²) in [7, 11) is 4.27. The van der Waals surface area contributed by atoms with Crippen LogP contribution < -0.4 is 4.74 Å². The van der Waals surface area contributed by atoms with Gasteiger partial charge >= 0.3 is 59.7 Å². The fourth-order valence-corrected chi connectivity index (χ4v) is 10.1. The SMILES string of the molecule is C.C.C.C.C.C.C.C.CC(=O)OC(C)COCC(=O)OC(C)COCC(=O)OC(C)COCCCOCC(C)OC(=O)c1ccccc1C(=O)c1ccccc1.CC(=O)OCCOC(C)COCCOC(=O)c1ccccc1C(=O)c1ccccc1.CCC(C)C.COCC(=O)OCCCCOC(=O)COC.COCC(=O)OCCCCOC(=O)COc1cccc(C(=O)c2ccccc2)c1. The Labute approximate surface area is 808 Å². The van der Waals surface area contributed by atoms with Gasteiger partial charge in [0.1, 0.15) is 76.4 Å². The Morgan fingerprint density at radius 2 is 0.603 bits per heavy atom. The Morgan fingerprint density at radius 3 is 0.993 bits per heavy atom. The molecule has 0 saturated carbocycles. The molecule has 0 aliphatic rings. The molecular weight excluding hydrogens is 1770 g/mol. The Balaban J connectivity index is -0.000000332. The Kier molecular flexibility index (Phi) is 87.3. The Hall–Kier alpha value is -11.5. The third-order valence-electron chi connectivity index (χ3n) is 16.4. The first-order valence-electron chi connectivity index (χ1n) is 41.9. The third-order valence-corrected chi connectivity index (χ3v) is 16.4. The highest BCUT2D eigenvalue weighted by molar-refractivity contribution is 6.15. The minimum absolute atomic E-state index is 0. The first-order chi connectivity index (χ1) is 61.5. The van der Waals surface area contributed by atoms with E-state index in [1.54, 1.807) is 173 Å². The van der Waals surface area contributed by atoms with Crippen LogP contribution in [0.15, 0.2) is 164 Å². The largest absolute Gasteiger partial charge is 0.482 e. The van der Waals surface area contributed by atoms with Crippen LogP contribution in [0, 0.1) is 5.92 Å². The van der Waals surface area contributed by atoms with E-state index in [9.17, 15) is 62.3 Å². The van der Waals surface area contributed by atoms with E-state index >= 15 is 0 Å². The van der Waals surface area contributed by atoms with Crippen LogP contribution in [0.1, 0.15) is 236 Å². The molecule has 33 nitrogen and oxygen atoms in total. The highest BCUT2D eigenvalue weighted by Crippen LogP contribution is 2.21. The van der Waals surface area contributed by atoms with E-state index < -0.39 is 66.2 Å². The summed E-state index contributed by atoms with van der Waals surface area (Å²) in [5, 5.41) is 0. The van der Waals surface area contributed by atoms with E-state index in [0.717, 1.165) is 5.92 Å². The number of esters is 10. The zero-order chi connectivity index (χ0) is 94.5. The second kappa shape index (κ2) is 86.3. The number of unbranched alkanes of at least 4 members (excludes halogenated alkanes) is 2. The zero-order valence-corrected chi connectivity index (χ0v) is 75.6. The number of hydrogen-bond acceptors (Lipinski definition) is 33. The summed E-state index contributed by atoms with van der Waals surface area (Å²) in [6, 6.07) is 46.2. The molecule has 33 heteroatoms. The van der Waals surface area contributed by atoms with E-state index in [4.69, 9.17) is 80.5 Å². The molecule has 0 bridgehead atoms. The minimum atomic E-state index is -0.620. The van der Waals surface area contributed by atoms with Crippen molar-refractivity contribution in [3.05, 3.63) is 208 Å². The molecule has 0 fully saturated rings. The van der Waals surface area contributed by atoms with Crippen molar-refractivity contribution in [2.45, 2.75) is 198 Å². The number of carbonyl (C=O) groups excluding carboxylic acids is 13. The molecular formula is C103H158O33. The second-order valence-corrected chi connectivity index (χ2v) is 28.4. The van der Waals surface area contributed by atoms with Gasteiger partial charge in [-0.15, -0.1) is 0 Å². The molecule has 0 heterocycles. The molecule has 6 aromatic carbocycles. The fourth-order valence-electron chi connectivity index (χ4n) is 10.1. The number of rotatable bonds is 57. The van der Waals surface area contributed by atoms with Crippen molar-refractivity contribution in [3.8, 4) is 5.75 Å². The molecule has 768 valence electrons. The number of benzene rings is 6. The van der Waals surface area contributed by atoms with Crippen molar-refractivity contribution < 1.29 is 157 Å². The lowest BCUT2D eigenvalue weighted by molar-refractivity contribution is -0.162. The van der Waals surface area contributed by atoms with E-state index in [0.29, 0.717) is 98.7 Å². The van der Waals surface area contributed by atoms with Gasteiger partial charge in [0, 0.05) is 81.8 Å². The monoisotopic (exact) mass is 1920 g/mol. The van der Waals surface area contributed by atoms with Gasteiger partial charge in [0.15, 0.2) is 24.0 Å². The maximum absolute atomic E-state index is 12.9. The summed E-state index contributed by atoms with van der Waals surface area (Å²) in [4.78, 5) is 153. The Morgan fingerprint density at radius 1 is 0.272 bits per heavy atom. The first-order valence-corrected chi connectivity index (χ1v) is 41.9. The number of ether oxygens (including phenoxy) is 20. The van der Waals surface area contributed by atoms with Gasteiger partial charge in [0.2, 0.25) is 0 Å². The van der Waals surface area contributed by atoms with Gasteiger partial charge in [-0.05, 0) is 96.9 Å². The van der Waals surface area contributed by atoms with Crippen molar-refractivity contribution in [1.29, 1.82) is 0 Å². The van der Waals surface area contributed by atoms with Crippen LogP contribution in [-0.2, 0) is 128 Å². The average Bonchev–Trinajstić information content (AvgIpc) is 0.826. The van der Waals surface area contributed by atoms with Gasteiger partial charge in [-0.3, -0.25) is 24.0 Å². The summed E-state index contributed by atoms with van der Waals surface area (Å²) in [5.74, 6) is -4.22. The van der Waals surface area contributed by atoms with E-state index in [1.807, 2.05) is 25.1 Å². The van der Waals surface area contributed by atoms with E-state index in [2.05, 4.69) is 35.0 Å². The van der Waals surface area contributed by atoms with Crippen molar-refractivity contribution in [1.82, 2.24) is 0 Å². The van der Waals surface area contributed by atoms with Gasteiger partial charge in [-0.2, -0.15) is 0 Å². The second-order valence-electron chi connectivity index (χ2n) is 28.4. The van der Waals surface area contributed by atoms with Crippen LogP contribution in [0.3, 0.4) is 0 Å². The van der Waals surface area contributed by atoms with Crippen molar-refractivity contribution in [3.63, 3.8) is 0 Å². The molecule has 0 radical (unpaired) electrons. The molecule has 6 aromatic rings. The topological polar surface area (TPSA) is 407 Å². The van der Waals surface area contributed by atoms with Gasteiger partial charge in [0.25, 0.3) is 0 Å². The predicted octanol–water partition coefficient (Wildman–Crippen LogP) is 16.9. The maximum atomic E-state index is 12.9. The molecule has 0 aromatic heterocycles. The van der Waals surface area contributed by atoms with Crippen LogP contribution >= 0.6 is 0 Å². The van der Waals surface area contributed by atoms with Crippen LogP contribution in [0.4, 0.5) is 0 Å². The normalized spacial score (nSPS) is 11.0. The van der Waals surface area contributed by atoms with Gasteiger partial charge < -0.3 is 94.7 Å². The lowest BCUT2D eigenvalue weighted by Crippen LogP contribution is -2.28. The zero-order valence-electron chi connectivity index (χ0n) is 75.6. The van der Waals surface area contributed by atoms with E-state index in [-0.39, 0.29) is 223 Å². The summed E-state index contributed by atoms with van der Waals surface area (Å²) in [5.41, 5.74) is 3.01. The molecule has 0 aliphatic carbocycles. The molecule has 0 N–H and O–H groups in total. The van der Waals surface area contributed by atoms with Gasteiger partial charge in [-0.25, -0.2) is 38.4 Å². The highest BCUT2D eigenvalue weighted by atomic mass is 16.6. The van der Waals surface area contributed by atoms with Crippen molar-refractivity contribution in [2.75, 3.05) is 160 Å².